The van der Waals surface area contributed by atoms with Crippen molar-refractivity contribution in [1.29, 1.82) is 0 Å². The molecule has 15 nitrogen and oxygen atoms in total. The molecular formula is C44H50N2O13. The van der Waals surface area contributed by atoms with Crippen LogP contribution in [0.15, 0.2) is 96.6 Å². The molecule has 2 aliphatic carbocycles. The molecule has 2 aliphatic heterocycles. The van der Waals surface area contributed by atoms with Crippen LogP contribution in [0.2, 0.25) is 0 Å². The van der Waals surface area contributed by atoms with Crippen molar-refractivity contribution in [2.45, 2.75) is 86.5 Å². The zero-order valence-electron chi connectivity index (χ0n) is 32.5. The first-order valence-corrected chi connectivity index (χ1v) is 19.7. The second-order valence-electron chi connectivity index (χ2n) is 15.2. The fourth-order valence-electron chi connectivity index (χ4n) is 8.04. The number of likely N-dealkylation sites (N-methyl/N-ethyl adjacent to an activating group) is 1. The van der Waals surface area contributed by atoms with Crippen LogP contribution < -0.4 is 5.32 Å². The molecule has 0 aromatic heterocycles. The number of fused-ring (bicyclic) bond motifs is 2. The molecule has 59 heavy (non-hydrogen) atoms. The highest BCUT2D eigenvalue weighted by Gasteiger charge is 2.55. The molecule has 314 valence electrons. The Morgan fingerprint density at radius 1 is 0.915 bits per heavy atom. The molecule has 9 atom stereocenters. The lowest BCUT2D eigenvalue weighted by Crippen LogP contribution is -2.59. The summed E-state index contributed by atoms with van der Waals surface area (Å²) in [4.78, 5) is 42.8. The Labute approximate surface area is 341 Å². The summed E-state index contributed by atoms with van der Waals surface area (Å²) in [5.74, 6) is -2.50. The van der Waals surface area contributed by atoms with Gasteiger partial charge in [0.1, 0.15) is 48.8 Å². The van der Waals surface area contributed by atoms with Crippen LogP contribution in [0.3, 0.4) is 0 Å². The molecule has 2 amide bonds. The van der Waals surface area contributed by atoms with Crippen LogP contribution in [0.1, 0.15) is 39.0 Å². The highest BCUT2D eigenvalue weighted by molar-refractivity contribution is 5.97. The fraction of sp³-hybridized carbons (Fsp3) is 0.432. The van der Waals surface area contributed by atoms with E-state index in [-0.39, 0.29) is 38.2 Å². The van der Waals surface area contributed by atoms with Gasteiger partial charge in [-0.15, -0.1) is 0 Å². The van der Waals surface area contributed by atoms with Crippen LogP contribution in [-0.2, 0) is 52.5 Å². The van der Waals surface area contributed by atoms with Crippen molar-refractivity contribution in [3.8, 4) is 0 Å². The van der Waals surface area contributed by atoms with Gasteiger partial charge in [-0.1, -0.05) is 78.9 Å². The predicted molar refractivity (Wildman–Crippen MR) is 210 cm³/mol. The third-order valence-corrected chi connectivity index (χ3v) is 11.2. The molecule has 0 radical (unpaired) electrons. The van der Waals surface area contributed by atoms with Crippen molar-refractivity contribution >= 4 is 23.9 Å². The van der Waals surface area contributed by atoms with Crippen LogP contribution in [0.4, 0.5) is 0 Å². The number of rotatable bonds is 14. The molecule has 0 saturated carbocycles. The van der Waals surface area contributed by atoms with E-state index >= 15 is 0 Å². The SMILES string of the molecule is CN(C(=O)C1=C[C@H]2OC3(Cc4ccccc4C3)O[C@H]2[C@H](OC(=O)c2ccc(C=CCO[C@H]3O[C@H](CO)[C@H](O)[C@H](O)[C@H]3O)cc2)C1)[C@H](Cc1ccccc1)C(=O)NCCO. The smallest absolute Gasteiger partial charge is 0.338 e. The Kier molecular flexibility index (Phi) is 13.4. The molecular weight excluding hydrogens is 764 g/mol. The zero-order chi connectivity index (χ0) is 41.7. The lowest BCUT2D eigenvalue weighted by atomic mass is 9.90. The number of nitrogens with zero attached hydrogens (tertiary/aromatic N) is 1. The Bertz CT molecular complexity index is 1980. The van der Waals surface area contributed by atoms with Gasteiger partial charge in [0.25, 0.3) is 0 Å². The molecule has 3 aromatic rings. The normalized spacial score (nSPS) is 27.5. The van der Waals surface area contributed by atoms with Crippen molar-refractivity contribution in [2.75, 3.05) is 33.4 Å². The Balaban J connectivity index is 1.05. The summed E-state index contributed by atoms with van der Waals surface area (Å²) in [6.07, 6.45) is -2.97. The third kappa shape index (κ3) is 9.49. The molecule has 2 fully saturated rings. The highest BCUT2D eigenvalue weighted by atomic mass is 16.8. The molecule has 0 bridgehead atoms. The second-order valence-corrected chi connectivity index (χ2v) is 15.2. The molecule has 2 heterocycles. The fourth-order valence-corrected chi connectivity index (χ4v) is 8.04. The van der Waals surface area contributed by atoms with Gasteiger partial charge in [0.15, 0.2) is 12.1 Å². The van der Waals surface area contributed by atoms with Crippen LogP contribution in [0.25, 0.3) is 6.08 Å². The molecule has 1 spiro atoms. The number of hydrogen-bond acceptors (Lipinski definition) is 13. The largest absolute Gasteiger partial charge is 0.456 e. The first-order chi connectivity index (χ1) is 28.5. The first kappa shape index (κ1) is 42.3. The maximum Gasteiger partial charge on any atom is 0.338 e. The van der Waals surface area contributed by atoms with E-state index in [2.05, 4.69) is 5.32 Å². The predicted octanol–water partition coefficient (Wildman–Crippen LogP) is 0.829. The van der Waals surface area contributed by atoms with Gasteiger partial charge in [0.2, 0.25) is 11.8 Å². The monoisotopic (exact) mass is 814 g/mol. The van der Waals surface area contributed by atoms with Crippen LogP contribution >= 0.6 is 0 Å². The summed E-state index contributed by atoms with van der Waals surface area (Å²) in [7, 11) is 1.56. The van der Waals surface area contributed by atoms with Crippen LogP contribution in [-0.4, -0.2) is 142 Å². The van der Waals surface area contributed by atoms with Gasteiger partial charge in [-0.05, 0) is 40.5 Å². The minimum atomic E-state index is -1.55. The number of amides is 2. The average Bonchev–Trinajstić information content (AvgIpc) is 3.81. The molecule has 6 N–H and O–H groups in total. The Morgan fingerprint density at radius 3 is 2.29 bits per heavy atom. The highest BCUT2D eigenvalue weighted by Crippen LogP contribution is 2.45. The van der Waals surface area contributed by atoms with E-state index in [4.69, 9.17) is 23.7 Å². The molecule has 0 unspecified atom stereocenters. The van der Waals surface area contributed by atoms with Crippen molar-refractivity contribution < 1.29 is 63.6 Å². The van der Waals surface area contributed by atoms with Crippen molar-refractivity contribution in [3.63, 3.8) is 0 Å². The van der Waals surface area contributed by atoms with E-state index in [9.17, 15) is 39.9 Å². The number of carbonyl (C=O) groups excluding carboxylic acids is 3. The van der Waals surface area contributed by atoms with E-state index in [1.807, 2.05) is 54.6 Å². The Morgan fingerprint density at radius 2 is 1.61 bits per heavy atom. The van der Waals surface area contributed by atoms with Crippen molar-refractivity contribution in [3.05, 3.63) is 124 Å². The minimum absolute atomic E-state index is 0.00799. The lowest BCUT2D eigenvalue weighted by Gasteiger charge is -2.39. The summed E-state index contributed by atoms with van der Waals surface area (Å²) in [5.41, 5.74) is 4.29. The standard InChI is InChI=1S/C44H50N2O13/c1-46(32(40(52)45-17-18-47)20-27-8-3-2-4-9-27)41(53)31-21-33(39-34(22-31)58-44(59-39)23-29-11-5-6-12-30(29)24-44)56-42(54)28-15-13-26(14-16-28)10-7-19-55-43-38(51)37(50)36(49)35(25-48)57-43/h2-16,22,32-39,43,47-51H,17-21,23-25H2,1H3,(H,45,52)/t32-,33-,34-,35-,36+,37+,38-,39+,43+/m1/s1. The molecule has 15 heteroatoms. The van der Waals surface area contributed by atoms with E-state index in [1.54, 1.807) is 49.5 Å². The number of benzene rings is 3. The van der Waals surface area contributed by atoms with E-state index in [1.165, 1.54) is 4.90 Å². The maximum atomic E-state index is 14.3. The quantitative estimate of drug-likeness (QED) is 0.125. The maximum absolute atomic E-state index is 14.3. The molecule has 7 rings (SSSR count). The van der Waals surface area contributed by atoms with Crippen molar-refractivity contribution in [2.24, 2.45) is 0 Å². The number of esters is 1. The van der Waals surface area contributed by atoms with Gasteiger partial charge in [-0.25, -0.2) is 4.79 Å². The van der Waals surface area contributed by atoms with Crippen LogP contribution in [0, 0.1) is 0 Å². The van der Waals surface area contributed by atoms with E-state index in [0.717, 1.165) is 16.7 Å². The lowest BCUT2D eigenvalue weighted by molar-refractivity contribution is -0.298. The minimum Gasteiger partial charge on any atom is -0.456 e. The number of aliphatic hydroxyl groups is 5. The molecule has 3 aromatic carbocycles. The summed E-state index contributed by atoms with van der Waals surface area (Å²) in [6, 6.07) is 23.0. The first-order valence-electron chi connectivity index (χ1n) is 19.7. The van der Waals surface area contributed by atoms with Gasteiger partial charge in [0.05, 0.1) is 25.4 Å². The number of hydrogen-bond donors (Lipinski definition) is 6. The van der Waals surface area contributed by atoms with E-state index in [0.29, 0.717) is 24.0 Å². The third-order valence-electron chi connectivity index (χ3n) is 11.2. The number of nitrogens with one attached hydrogen (secondary N) is 1. The summed E-state index contributed by atoms with van der Waals surface area (Å²) in [6.45, 7) is -0.822. The number of carbonyl (C=O) groups is 3. The van der Waals surface area contributed by atoms with Gasteiger partial charge in [0, 0.05) is 44.8 Å². The average molecular weight is 815 g/mol. The Hall–Kier alpha value is -4.81. The van der Waals surface area contributed by atoms with Crippen molar-refractivity contribution in [1.82, 2.24) is 10.2 Å². The van der Waals surface area contributed by atoms with E-state index < -0.39 is 85.2 Å². The van der Waals surface area contributed by atoms with Gasteiger partial charge >= 0.3 is 5.97 Å². The van der Waals surface area contributed by atoms with Gasteiger partial charge < -0.3 is 59.4 Å². The second kappa shape index (κ2) is 18.6. The molecule has 2 saturated heterocycles. The number of aliphatic hydroxyl groups excluding tert-OH is 5. The summed E-state index contributed by atoms with van der Waals surface area (Å²) < 4.78 is 30.3. The molecule has 4 aliphatic rings. The topological polar surface area (TPSA) is 214 Å². The zero-order valence-corrected chi connectivity index (χ0v) is 32.5. The van der Waals surface area contributed by atoms with Gasteiger partial charge in [-0.3, -0.25) is 9.59 Å². The summed E-state index contributed by atoms with van der Waals surface area (Å²) in [5, 5.41) is 51.6. The number of ether oxygens (including phenoxy) is 5. The van der Waals surface area contributed by atoms with Gasteiger partial charge in [-0.2, -0.15) is 0 Å². The summed E-state index contributed by atoms with van der Waals surface area (Å²) >= 11 is 0. The van der Waals surface area contributed by atoms with Crippen LogP contribution in [0.5, 0.6) is 0 Å².